The van der Waals surface area contributed by atoms with Crippen molar-refractivity contribution >= 4 is 10.0 Å². The molecule has 0 radical (unpaired) electrons. The molecule has 0 unspecified atom stereocenters. The third kappa shape index (κ3) is 3.36. The Morgan fingerprint density at radius 2 is 1.62 bits per heavy atom. The van der Waals surface area contributed by atoms with Crippen LogP contribution < -0.4 is 0 Å². The molecule has 0 amide bonds. The summed E-state index contributed by atoms with van der Waals surface area (Å²) in [6.45, 7) is 4.56. The Bertz CT molecular complexity index is 57.4. The van der Waals surface area contributed by atoms with Crippen LogP contribution in [0.1, 0.15) is 20.3 Å². The van der Waals surface area contributed by atoms with Gasteiger partial charge >= 0.3 is 0 Å². The highest BCUT2D eigenvalue weighted by Crippen LogP contribution is 2.39. The van der Waals surface area contributed by atoms with Crippen molar-refractivity contribution in [3.8, 4) is 0 Å². The molecule has 52 valence electrons. The van der Waals surface area contributed by atoms with Gasteiger partial charge in [0, 0.05) is 0 Å². The van der Waals surface area contributed by atoms with Crippen LogP contribution in [0.15, 0.2) is 0 Å². The molecular formula is C7H18S. The highest BCUT2D eigenvalue weighted by atomic mass is 32.3. The highest BCUT2D eigenvalue weighted by molar-refractivity contribution is 8.32. The van der Waals surface area contributed by atoms with Crippen molar-refractivity contribution in [3.63, 3.8) is 0 Å². The third-order valence-electron chi connectivity index (χ3n) is 1.54. The fraction of sp³-hybridized carbons (Fsp3) is 1.00. The van der Waals surface area contributed by atoms with Gasteiger partial charge in [-0.25, -0.2) is 10.0 Å². The second-order valence-corrected chi connectivity index (χ2v) is 7.28. The maximum atomic E-state index is 2.41. The number of hydrogen-bond donors (Lipinski definition) is 0. The summed E-state index contributed by atoms with van der Waals surface area (Å²) in [4.78, 5) is 0. The molecule has 0 aromatic carbocycles. The van der Waals surface area contributed by atoms with E-state index in [1.165, 1.54) is 17.9 Å². The first-order valence-electron chi connectivity index (χ1n) is 3.31. The predicted octanol–water partition coefficient (Wildman–Crippen LogP) is 2.48. The summed E-state index contributed by atoms with van der Waals surface area (Å²) in [5, 5.41) is 0. The van der Waals surface area contributed by atoms with E-state index in [0.717, 1.165) is 0 Å². The highest BCUT2D eigenvalue weighted by Gasteiger charge is 2.04. The normalized spacial score (nSPS) is 14.0. The van der Waals surface area contributed by atoms with Crippen LogP contribution in [-0.2, 0) is 0 Å². The maximum absolute atomic E-state index is 2.41. The summed E-state index contributed by atoms with van der Waals surface area (Å²) in [7, 11) is -0.170. The summed E-state index contributed by atoms with van der Waals surface area (Å²) in [5.74, 6) is 2.84. The summed E-state index contributed by atoms with van der Waals surface area (Å²) in [6, 6.07) is 0. The summed E-state index contributed by atoms with van der Waals surface area (Å²) in [6.07, 6.45) is 6.18. The zero-order chi connectivity index (χ0) is 6.62. The van der Waals surface area contributed by atoms with Gasteiger partial charge in [-0.05, 0) is 30.4 Å². The number of hydrogen-bond acceptors (Lipinski definition) is 0. The van der Waals surface area contributed by atoms with Crippen molar-refractivity contribution < 1.29 is 0 Å². The monoisotopic (exact) mass is 134 g/mol. The second-order valence-electron chi connectivity index (χ2n) is 2.76. The lowest BCUT2D eigenvalue weighted by Gasteiger charge is -2.28. The molecule has 0 saturated carbocycles. The lowest BCUT2D eigenvalue weighted by molar-refractivity contribution is 1.09. The molecule has 0 atom stereocenters. The minimum atomic E-state index is -0.170. The molecule has 0 bridgehead atoms. The van der Waals surface area contributed by atoms with Crippen LogP contribution in [-0.4, -0.2) is 24.0 Å². The van der Waals surface area contributed by atoms with Gasteiger partial charge in [0.15, 0.2) is 0 Å². The Morgan fingerprint density at radius 3 is 1.75 bits per heavy atom. The minimum absolute atomic E-state index is 0.170. The van der Waals surface area contributed by atoms with Crippen LogP contribution in [0, 0.1) is 0 Å². The Balaban J connectivity index is 3.37. The van der Waals surface area contributed by atoms with Crippen molar-refractivity contribution in [2.24, 2.45) is 0 Å². The molecule has 0 rings (SSSR count). The van der Waals surface area contributed by atoms with Crippen molar-refractivity contribution in [1.29, 1.82) is 0 Å². The van der Waals surface area contributed by atoms with Gasteiger partial charge in [0.05, 0.1) is 0 Å². The van der Waals surface area contributed by atoms with E-state index in [1.54, 1.807) is 0 Å². The standard InChI is InChI=1S/C7H18S/c1-5-7-8(3,4)6-2/h5-7H2,1-4H3. The summed E-state index contributed by atoms with van der Waals surface area (Å²) >= 11 is 0. The molecule has 8 heavy (non-hydrogen) atoms. The van der Waals surface area contributed by atoms with E-state index in [1.807, 2.05) is 0 Å². The predicted molar refractivity (Wildman–Crippen MR) is 45.1 cm³/mol. The zero-order valence-electron chi connectivity index (χ0n) is 6.53. The van der Waals surface area contributed by atoms with Crippen LogP contribution in [0.5, 0.6) is 0 Å². The van der Waals surface area contributed by atoms with Crippen LogP contribution >= 0.6 is 10.0 Å². The molecule has 0 aromatic heterocycles. The van der Waals surface area contributed by atoms with Crippen molar-refractivity contribution in [1.82, 2.24) is 0 Å². The van der Waals surface area contributed by atoms with E-state index in [4.69, 9.17) is 0 Å². The minimum Gasteiger partial charge on any atom is -0.247 e. The largest absolute Gasteiger partial charge is 0.247 e. The summed E-state index contributed by atoms with van der Waals surface area (Å²) < 4.78 is 0. The SMILES string of the molecule is CCCS(C)(C)CC. The molecule has 0 spiro atoms. The van der Waals surface area contributed by atoms with Gasteiger partial charge < -0.3 is 0 Å². The molecule has 0 nitrogen and oxygen atoms in total. The van der Waals surface area contributed by atoms with Gasteiger partial charge in [-0.15, -0.1) is 0 Å². The quantitative estimate of drug-likeness (QED) is 0.556. The Labute approximate surface area is 55.0 Å². The van der Waals surface area contributed by atoms with Crippen LogP contribution in [0.3, 0.4) is 0 Å². The first-order chi connectivity index (χ1) is 3.62. The molecule has 0 saturated heterocycles. The molecule has 0 N–H and O–H groups in total. The maximum Gasteiger partial charge on any atom is -0.0235 e. The summed E-state index contributed by atoms with van der Waals surface area (Å²) in [5.41, 5.74) is 0. The number of rotatable bonds is 3. The van der Waals surface area contributed by atoms with Crippen molar-refractivity contribution in [3.05, 3.63) is 0 Å². The molecular weight excluding hydrogens is 116 g/mol. The average molecular weight is 134 g/mol. The van der Waals surface area contributed by atoms with E-state index < -0.39 is 0 Å². The topological polar surface area (TPSA) is 0 Å². The molecule has 0 fully saturated rings. The van der Waals surface area contributed by atoms with Crippen LogP contribution in [0.4, 0.5) is 0 Å². The first-order valence-corrected chi connectivity index (χ1v) is 6.10. The van der Waals surface area contributed by atoms with Crippen molar-refractivity contribution in [2.75, 3.05) is 24.0 Å². The first kappa shape index (κ1) is 8.35. The Morgan fingerprint density at radius 1 is 1.12 bits per heavy atom. The zero-order valence-corrected chi connectivity index (χ0v) is 7.35. The molecule has 1 heteroatoms. The van der Waals surface area contributed by atoms with Gasteiger partial charge in [-0.1, -0.05) is 13.8 Å². The third-order valence-corrected chi connectivity index (χ3v) is 4.61. The van der Waals surface area contributed by atoms with E-state index >= 15 is 0 Å². The van der Waals surface area contributed by atoms with Gasteiger partial charge in [0.25, 0.3) is 0 Å². The van der Waals surface area contributed by atoms with Crippen LogP contribution in [0.25, 0.3) is 0 Å². The molecule has 0 aliphatic heterocycles. The van der Waals surface area contributed by atoms with Crippen LogP contribution in [0.2, 0.25) is 0 Å². The van der Waals surface area contributed by atoms with Crippen molar-refractivity contribution in [2.45, 2.75) is 20.3 Å². The molecule has 0 heterocycles. The van der Waals surface area contributed by atoms with Gasteiger partial charge in [0.1, 0.15) is 0 Å². The van der Waals surface area contributed by atoms with Gasteiger partial charge in [0.2, 0.25) is 0 Å². The van der Waals surface area contributed by atoms with E-state index in [9.17, 15) is 0 Å². The lowest BCUT2D eigenvalue weighted by Crippen LogP contribution is -2.01. The lowest BCUT2D eigenvalue weighted by atomic mass is 10.6. The van der Waals surface area contributed by atoms with Gasteiger partial charge in [-0.3, -0.25) is 0 Å². The molecule has 0 aliphatic carbocycles. The smallest absolute Gasteiger partial charge is 0.0235 e. The van der Waals surface area contributed by atoms with E-state index in [2.05, 4.69) is 26.4 Å². The van der Waals surface area contributed by atoms with E-state index in [-0.39, 0.29) is 10.0 Å². The molecule has 0 aromatic rings. The van der Waals surface area contributed by atoms with Gasteiger partial charge in [-0.2, -0.15) is 0 Å². The fourth-order valence-electron chi connectivity index (χ4n) is 0.697. The fourth-order valence-corrected chi connectivity index (χ4v) is 2.09. The Kier molecular flexibility index (Phi) is 3.54. The van der Waals surface area contributed by atoms with E-state index in [0.29, 0.717) is 0 Å². The second kappa shape index (κ2) is 3.39. The average Bonchev–Trinajstić information content (AvgIpc) is 1.67. The molecule has 0 aliphatic rings. The Hall–Kier alpha value is 0.350.